The SMILES string of the molecule is COC(=O)C[C@H]1CCNC[C@@H]1Cc1cc(CN2CCCCC2)on1. The Balaban J connectivity index is 1.54. The summed E-state index contributed by atoms with van der Waals surface area (Å²) in [5.41, 5.74) is 1.01. The zero-order chi connectivity index (χ0) is 16.8. The predicted molar refractivity (Wildman–Crippen MR) is 90.4 cm³/mol. The van der Waals surface area contributed by atoms with Crippen molar-refractivity contribution in [2.45, 2.75) is 45.1 Å². The Morgan fingerprint density at radius 2 is 2.21 bits per heavy atom. The van der Waals surface area contributed by atoms with Gasteiger partial charge in [-0.1, -0.05) is 11.6 Å². The number of carbonyl (C=O) groups excluding carboxylic acids is 1. The normalized spacial score (nSPS) is 25.5. The number of likely N-dealkylation sites (tertiary alicyclic amines) is 1. The lowest BCUT2D eigenvalue weighted by molar-refractivity contribution is -0.142. The summed E-state index contributed by atoms with van der Waals surface area (Å²) < 4.78 is 10.4. The molecule has 1 N–H and O–H groups in total. The average Bonchev–Trinajstić information content (AvgIpc) is 3.04. The van der Waals surface area contributed by atoms with Gasteiger partial charge in [0.25, 0.3) is 0 Å². The molecule has 134 valence electrons. The Kier molecular flexibility index (Phi) is 6.26. The zero-order valence-electron chi connectivity index (χ0n) is 14.6. The van der Waals surface area contributed by atoms with Crippen LogP contribution in [-0.2, 0) is 22.5 Å². The summed E-state index contributed by atoms with van der Waals surface area (Å²) in [7, 11) is 1.46. The first-order chi connectivity index (χ1) is 11.7. The molecule has 0 unspecified atom stereocenters. The fraction of sp³-hybridized carbons (Fsp3) is 0.778. The molecule has 1 aromatic heterocycles. The summed E-state index contributed by atoms with van der Waals surface area (Å²) in [6.07, 6.45) is 6.28. The minimum atomic E-state index is -0.113. The van der Waals surface area contributed by atoms with Crippen molar-refractivity contribution in [1.82, 2.24) is 15.4 Å². The molecular formula is C18H29N3O3. The predicted octanol–water partition coefficient (Wildman–Crippen LogP) is 1.99. The number of hydrogen-bond acceptors (Lipinski definition) is 6. The highest BCUT2D eigenvalue weighted by Crippen LogP contribution is 2.26. The second-order valence-corrected chi connectivity index (χ2v) is 7.12. The van der Waals surface area contributed by atoms with Crippen molar-refractivity contribution in [1.29, 1.82) is 0 Å². The Bertz CT molecular complexity index is 525. The summed E-state index contributed by atoms with van der Waals surface area (Å²) in [6.45, 7) is 5.07. The second-order valence-electron chi connectivity index (χ2n) is 7.12. The van der Waals surface area contributed by atoms with Crippen LogP contribution in [0.3, 0.4) is 0 Å². The summed E-state index contributed by atoms with van der Waals surface area (Å²) in [5, 5.41) is 7.69. The maximum Gasteiger partial charge on any atom is 0.305 e. The number of esters is 1. The van der Waals surface area contributed by atoms with Gasteiger partial charge in [0, 0.05) is 12.5 Å². The lowest BCUT2D eigenvalue weighted by atomic mass is 9.81. The first-order valence-corrected chi connectivity index (χ1v) is 9.19. The number of methoxy groups -OCH3 is 1. The van der Waals surface area contributed by atoms with Crippen LogP contribution in [0.4, 0.5) is 0 Å². The maximum absolute atomic E-state index is 11.6. The van der Waals surface area contributed by atoms with Gasteiger partial charge in [0.05, 0.1) is 19.3 Å². The van der Waals surface area contributed by atoms with Gasteiger partial charge in [0.1, 0.15) is 0 Å². The van der Waals surface area contributed by atoms with Crippen LogP contribution in [0.5, 0.6) is 0 Å². The zero-order valence-corrected chi connectivity index (χ0v) is 14.6. The van der Waals surface area contributed by atoms with Gasteiger partial charge in [-0.3, -0.25) is 9.69 Å². The van der Waals surface area contributed by atoms with Gasteiger partial charge in [0.15, 0.2) is 5.76 Å². The number of carbonyl (C=O) groups is 1. The Hall–Kier alpha value is -1.40. The molecular weight excluding hydrogens is 306 g/mol. The quantitative estimate of drug-likeness (QED) is 0.802. The van der Waals surface area contributed by atoms with Crippen molar-refractivity contribution in [3.05, 3.63) is 17.5 Å². The number of nitrogens with one attached hydrogen (secondary N) is 1. The topological polar surface area (TPSA) is 67.6 Å². The molecule has 3 heterocycles. The smallest absolute Gasteiger partial charge is 0.305 e. The molecule has 0 aromatic carbocycles. The number of nitrogens with zero attached hydrogens (tertiary/aromatic N) is 2. The van der Waals surface area contributed by atoms with E-state index in [9.17, 15) is 4.79 Å². The Morgan fingerprint density at radius 3 is 3.00 bits per heavy atom. The number of aromatic nitrogens is 1. The van der Waals surface area contributed by atoms with Crippen LogP contribution in [0.2, 0.25) is 0 Å². The molecule has 0 saturated carbocycles. The number of rotatable bonds is 6. The molecule has 0 spiro atoms. The molecule has 2 aliphatic heterocycles. The lowest BCUT2D eigenvalue weighted by Gasteiger charge is -2.31. The highest BCUT2D eigenvalue weighted by atomic mass is 16.5. The third-order valence-electron chi connectivity index (χ3n) is 5.33. The molecule has 0 bridgehead atoms. The molecule has 6 nitrogen and oxygen atoms in total. The van der Waals surface area contributed by atoms with Crippen LogP contribution in [0.15, 0.2) is 10.6 Å². The summed E-state index contributed by atoms with van der Waals surface area (Å²) in [4.78, 5) is 14.1. The van der Waals surface area contributed by atoms with Gasteiger partial charge in [-0.15, -0.1) is 0 Å². The summed E-state index contributed by atoms with van der Waals surface area (Å²) in [6, 6.07) is 2.10. The number of piperidine rings is 2. The van der Waals surface area contributed by atoms with Crippen molar-refractivity contribution in [3.63, 3.8) is 0 Å². The van der Waals surface area contributed by atoms with Gasteiger partial charge in [-0.05, 0) is 63.7 Å². The maximum atomic E-state index is 11.6. The summed E-state index contributed by atoms with van der Waals surface area (Å²) in [5.74, 6) is 1.62. The Labute approximate surface area is 143 Å². The minimum absolute atomic E-state index is 0.113. The van der Waals surface area contributed by atoms with E-state index in [2.05, 4.69) is 21.4 Å². The molecule has 2 fully saturated rings. The molecule has 0 radical (unpaired) electrons. The Morgan fingerprint density at radius 1 is 1.38 bits per heavy atom. The number of hydrogen-bond donors (Lipinski definition) is 1. The molecule has 2 atom stereocenters. The van der Waals surface area contributed by atoms with E-state index in [-0.39, 0.29) is 5.97 Å². The van der Waals surface area contributed by atoms with Crippen LogP contribution in [0, 0.1) is 11.8 Å². The van der Waals surface area contributed by atoms with Crippen molar-refractivity contribution in [3.8, 4) is 0 Å². The molecule has 24 heavy (non-hydrogen) atoms. The van der Waals surface area contributed by atoms with E-state index >= 15 is 0 Å². The van der Waals surface area contributed by atoms with Crippen molar-refractivity contribution < 1.29 is 14.1 Å². The van der Waals surface area contributed by atoms with Crippen LogP contribution < -0.4 is 5.32 Å². The second kappa shape index (κ2) is 8.62. The van der Waals surface area contributed by atoms with Crippen molar-refractivity contribution in [2.75, 3.05) is 33.3 Å². The minimum Gasteiger partial charge on any atom is -0.469 e. The van der Waals surface area contributed by atoms with Crippen molar-refractivity contribution in [2.24, 2.45) is 11.8 Å². The molecule has 6 heteroatoms. The molecule has 0 amide bonds. The fourth-order valence-electron chi connectivity index (χ4n) is 3.92. The molecule has 0 aliphatic carbocycles. The van der Waals surface area contributed by atoms with Crippen LogP contribution in [0.25, 0.3) is 0 Å². The van der Waals surface area contributed by atoms with Gasteiger partial charge in [-0.25, -0.2) is 0 Å². The van der Waals surface area contributed by atoms with E-state index in [0.29, 0.717) is 18.3 Å². The van der Waals surface area contributed by atoms with E-state index < -0.39 is 0 Å². The van der Waals surface area contributed by atoms with Crippen LogP contribution in [0.1, 0.15) is 43.6 Å². The third kappa shape index (κ3) is 4.80. The lowest BCUT2D eigenvalue weighted by Crippen LogP contribution is -2.38. The van der Waals surface area contributed by atoms with E-state index in [4.69, 9.17) is 9.26 Å². The van der Waals surface area contributed by atoms with E-state index in [1.165, 1.54) is 26.4 Å². The molecule has 2 aliphatic rings. The fourth-order valence-corrected chi connectivity index (χ4v) is 3.92. The van der Waals surface area contributed by atoms with Gasteiger partial charge in [0.2, 0.25) is 0 Å². The van der Waals surface area contributed by atoms with E-state index in [1.54, 1.807) is 0 Å². The monoisotopic (exact) mass is 335 g/mol. The molecule has 1 aromatic rings. The summed E-state index contributed by atoms with van der Waals surface area (Å²) >= 11 is 0. The van der Waals surface area contributed by atoms with Crippen molar-refractivity contribution >= 4 is 5.97 Å². The number of ether oxygens (including phenoxy) is 1. The van der Waals surface area contributed by atoms with Crippen LogP contribution in [-0.4, -0.2) is 49.3 Å². The van der Waals surface area contributed by atoms with E-state index in [0.717, 1.165) is 57.0 Å². The third-order valence-corrected chi connectivity index (χ3v) is 5.33. The first-order valence-electron chi connectivity index (χ1n) is 9.19. The highest BCUT2D eigenvalue weighted by Gasteiger charge is 2.28. The molecule has 3 rings (SSSR count). The largest absolute Gasteiger partial charge is 0.469 e. The van der Waals surface area contributed by atoms with Gasteiger partial charge >= 0.3 is 5.97 Å². The van der Waals surface area contributed by atoms with E-state index in [1.807, 2.05) is 0 Å². The first kappa shape index (κ1) is 17.4. The molecule has 2 saturated heterocycles. The highest BCUT2D eigenvalue weighted by molar-refractivity contribution is 5.69. The van der Waals surface area contributed by atoms with Crippen LogP contribution >= 0.6 is 0 Å². The average molecular weight is 335 g/mol. The van der Waals surface area contributed by atoms with Gasteiger partial charge < -0.3 is 14.6 Å². The standard InChI is InChI=1S/C18H29N3O3/c1-23-18(22)10-14-5-6-19-12-15(14)9-16-11-17(24-20-16)13-21-7-3-2-4-8-21/h11,14-15,19H,2-10,12-13H2,1H3/t14-,15+/m1/s1. The van der Waals surface area contributed by atoms with Gasteiger partial charge in [-0.2, -0.15) is 0 Å².